The Kier molecular flexibility index (Phi) is 7.78. The molecule has 0 rings (SSSR count). The molecule has 0 bridgehead atoms. The summed E-state index contributed by atoms with van der Waals surface area (Å²) in [6.07, 6.45) is 5.66. The van der Waals surface area contributed by atoms with Crippen LogP contribution >= 0.6 is 0 Å². The van der Waals surface area contributed by atoms with Gasteiger partial charge in [0, 0.05) is 19.3 Å². The fraction of sp³-hybridized carbons (Fsp3) is 0.714. The lowest BCUT2D eigenvalue weighted by Gasteiger charge is -2.08. The molecule has 0 heterocycles. The highest BCUT2D eigenvalue weighted by atomic mass is 16.1. The van der Waals surface area contributed by atoms with Crippen molar-refractivity contribution in [1.29, 1.82) is 0 Å². The Bertz CT molecular complexity index is 264. The topological polar surface area (TPSA) is 34.1 Å². The van der Waals surface area contributed by atoms with E-state index in [1.807, 2.05) is 0 Å². The van der Waals surface area contributed by atoms with Gasteiger partial charge in [-0.25, -0.2) is 0 Å². The molecule has 2 nitrogen and oxygen atoms in total. The minimum Gasteiger partial charge on any atom is -0.300 e. The molecule has 2 heteroatoms. The lowest BCUT2D eigenvalue weighted by atomic mass is 9.97. The highest BCUT2D eigenvalue weighted by molar-refractivity contribution is 5.84. The molecule has 0 aromatic heterocycles. The van der Waals surface area contributed by atoms with Gasteiger partial charge in [0.15, 0.2) is 0 Å². The predicted molar refractivity (Wildman–Crippen MR) is 67.4 cm³/mol. The van der Waals surface area contributed by atoms with E-state index in [0.29, 0.717) is 25.2 Å². The molecule has 1 atom stereocenters. The summed E-state index contributed by atoms with van der Waals surface area (Å²) < 4.78 is 0. The van der Waals surface area contributed by atoms with Gasteiger partial charge in [-0.2, -0.15) is 0 Å². The summed E-state index contributed by atoms with van der Waals surface area (Å²) in [4.78, 5) is 22.2. The van der Waals surface area contributed by atoms with Gasteiger partial charge in [0.05, 0.1) is 0 Å². The fourth-order valence-electron chi connectivity index (χ4n) is 1.44. The number of ketones is 2. The van der Waals surface area contributed by atoms with Crippen molar-refractivity contribution < 1.29 is 9.59 Å². The van der Waals surface area contributed by atoms with E-state index in [0.717, 1.165) is 12.8 Å². The molecule has 0 saturated carbocycles. The number of carbonyl (C=O) groups excluding carboxylic acids is 2. The maximum Gasteiger partial charge on any atom is 0.133 e. The Labute approximate surface area is 99.1 Å². The van der Waals surface area contributed by atoms with Crippen LogP contribution in [0, 0.1) is 5.92 Å². The second kappa shape index (κ2) is 8.26. The number of Topliss-reactive ketones (excluding diaryl/α,β-unsaturated/α-hetero) is 2. The van der Waals surface area contributed by atoms with E-state index in [1.165, 1.54) is 12.5 Å². The van der Waals surface area contributed by atoms with Gasteiger partial charge >= 0.3 is 0 Å². The molecule has 92 valence electrons. The van der Waals surface area contributed by atoms with Crippen LogP contribution in [0.3, 0.4) is 0 Å². The maximum absolute atomic E-state index is 11.5. The first-order valence-corrected chi connectivity index (χ1v) is 6.12. The summed E-state index contributed by atoms with van der Waals surface area (Å²) in [6.45, 7) is 7.87. The third-order valence-corrected chi connectivity index (χ3v) is 2.76. The zero-order chi connectivity index (χ0) is 12.6. The van der Waals surface area contributed by atoms with E-state index in [9.17, 15) is 9.59 Å². The van der Waals surface area contributed by atoms with Crippen molar-refractivity contribution in [3.8, 4) is 0 Å². The number of rotatable bonds is 8. The number of allylic oxidation sites excluding steroid dienone is 2. The Balaban J connectivity index is 3.82. The van der Waals surface area contributed by atoms with Gasteiger partial charge in [0.2, 0.25) is 0 Å². The lowest BCUT2D eigenvalue weighted by Crippen LogP contribution is -2.06. The molecule has 0 amide bonds. The molecule has 0 aliphatic heterocycles. The standard InChI is InChI=1S/C14H24O2/c1-5-11(2)6-7-12(3)10-14(16)9-8-13(4)15/h6,12H,5,7-10H2,1-4H3. The number of hydrogen-bond acceptors (Lipinski definition) is 2. The molecular weight excluding hydrogens is 200 g/mol. The van der Waals surface area contributed by atoms with E-state index in [1.54, 1.807) is 0 Å². The van der Waals surface area contributed by atoms with Gasteiger partial charge in [0.25, 0.3) is 0 Å². The second-order valence-electron chi connectivity index (χ2n) is 4.69. The molecule has 0 radical (unpaired) electrons. The molecule has 16 heavy (non-hydrogen) atoms. The van der Waals surface area contributed by atoms with Crippen LogP contribution in [-0.2, 0) is 9.59 Å². The summed E-state index contributed by atoms with van der Waals surface area (Å²) >= 11 is 0. The zero-order valence-electron chi connectivity index (χ0n) is 11.0. The first-order valence-electron chi connectivity index (χ1n) is 6.12. The molecular formula is C14H24O2. The summed E-state index contributed by atoms with van der Waals surface area (Å²) in [5.41, 5.74) is 1.38. The largest absolute Gasteiger partial charge is 0.300 e. The molecule has 0 fully saturated rings. The van der Waals surface area contributed by atoms with Crippen molar-refractivity contribution in [3.63, 3.8) is 0 Å². The molecule has 0 aromatic rings. The van der Waals surface area contributed by atoms with Crippen LogP contribution in [0.25, 0.3) is 0 Å². The van der Waals surface area contributed by atoms with Crippen molar-refractivity contribution in [1.82, 2.24) is 0 Å². The lowest BCUT2D eigenvalue weighted by molar-refractivity contribution is -0.123. The van der Waals surface area contributed by atoms with Crippen LogP contribution < -0.4 is 0 Å². The highest BCUT2D eigenvalue weighted by Gasteiger charge is 2.09. The second-order valence-corrected chi connectivity index (χ2v) is 4.69. The third kappa shape index (κ3) is 8.39. The van der Waals surface area contributed by atoms with E-state index in [4.69, 9.17) is 0 Å². The average Bonchev–Trinajstić information content (AvgIpc) is 2.23. The first-order chi connectivity index (χ1) is 7.45. The van der Waals surface area contributed by atoms with E-state index in [-0.39, 0.29) is 11.6 Å². The van der Waals surface area contributed by atoms with Crippen LogP contribution in [0.4, 0.5) is 0 Å². The monoisotopic (exact) mass is 224 g/mol. The summed E-state index contributed by atoms with van der Waals surface area (Å²) in [6, 6.07) is 0. The van der Waals surface area contributed by atoms with Crippen LogP contribution in [-0.4, -0.2) is 11.6 Å². The predicted octanol–water partition coefficient (Wildman–Crippen LogP) is 3.70. The minimum atomic E-state index is 0.0997. The van der Waals surface area contributed by atoms with Crippen molar-refractivity contribution in [2.24, 2.45) is 5.92 Å². The average molecular weight is 224 g/mol. The Morgan fingerprint density at radius 1 is 1.19 bits per heavy atom. The van der Waals surface area contributed by atoms with Gasteiger partial charge in [-0.15, -0.1) is 0 Å². The fourth-order valence-corrected chi connectivity index (χ4v) is 1.44. The molecule has 0 aliphatic rings. The number of hydrogen-bond donors (Lipinski definition) is 0. The molecule has 0 spiro atoms. The Morgan fingerprint density at radius 2 is 1.81 bits per heavy atom. The number of carbonyl (C=O) groups is 2. The summed E-state index contributed by atoms with van der Waals surface area (Å²) in [5, 5.41) is 0. The summed E-state index contributed by atoms with van der Waals surface area (Å²) in [5.74, 6) is 0.703. The van der Waals surface area contributed by atoms with Crippen LogP contribution in [0.2, 0.25) is 0 Å². The van der Waals surface area contributed by atoms with Crippen LogP contribution in [0.1, 0.15) is 59.8 Å². The van der Waals surface area contributed by atoms with Gasteiger partial charge in [-0.1, -0.05) is 25.5 Å². The van der Waals surface area contributed by atoms with Crippen molar-refractivity contribution in [2.45, 2.75) is 59.8 Å². The molecule has 0 N–H and O–H groups in total. The van der Waals surface area contributed by atoms with Crippen LogP contribution in [0.15, 0.2) is 11.6 Å². The van der Waals surface area contributed by atoms with Gasteiger partial charge in [-0.05, 0) is 32.6 Å². The maximum atomic E-state index is 11.5. The third-order valence-electron chi connectivity index (χ3n) is 2.76. The SMILES string of the molecule is CCC(C)=CCC(C)CC(=O)CCC(C)=O. The molecule has 0 aliphatic carbocycles. The van der Waals surface area contributed by atoms with Crippen molar-refractivity contribution >= 4 is 11.6 Å². The summed E-state index contributed by atoms with van der Waals surface area (Å²) in [7, 11) is 0. The minimum absolute atomic E-state index is 0.0997. The Morgan fingerprint density at radius 3 is 2.31 bits per heavy atom. The van der Waals surface area contributed by atoms with Crippen molar-refractivity contribution in [2.75, 3.05) is 0 Å². The molecule has 0 saturated heterocycles. The highest BCUT2D eigenvalue weighted by Crippen LogP contribution is 2.13. The van der Waals surface area contributed by atoms with Gasteiger partial charge < -0.3 is 4.79 Å². The molecule has 1 unspecified atom stereocenters. The quantitative estimate of drug-likeness (QED) is 0.589. The van der Waals surface area contributed by atoms with Gasteiger partial charge in [-0.3, -0.25) is 4.79 Å². The first kappa shape index (κ1) is 15.1. The van der Waals surface area contributed by atoms with Gasteiger partial charge in [0.1, 0.15) is 11.6 Å². The van der Waals surface area contributed by atoms with E-state index in [2.05, 4.69) is 26.8 Å². The zero-order valence-corrected chi connectivity index (χ0v) is 11.0. The smallest absolute Gasteiger partial charge is 0.133 e. The van der Waals surface area contributed by atoms with Crippen LogP contribution in [0.5, 0.6) is 0 Å². The normalized spacial score (nSPS) is 13.6. The van der Waals surface area contributed by atoms with E-state index < -0.39 is 0 Å². The van der Waals surface area contributed by atoms with E-state index >= 15 is 0 Å². The Hall–Kier alpha value is -0.920. The molecule has 0 aromatic carbocycles. The van der Waals surface area contributed by atoms with Crippen molar-refractivity contribution in [3.05, 3.63) is 11.6 Å².